The fourth-order valence-electron chi connectivity index (χ4n) is 1.34. The number of nitrogens with one attached hydrogen (secondary N) is 1. The number of aromatic nitrogens is 2. The highest BCUT2D eigenvalue weighted by atomic mass is 19.4. The molecule has 0 atom stereocenters. The monoisotopic (exact) mass is 228 g/mol. The molecular weight excluding hydrogens is 221 g/mol. The molecule has 2 rings (SSSR count). The topological polar surface area (TPSA) is 61.6 Å². The molecule has 0 bridgehead atoms. The summed E-state index contributed by atoms with van der Waals surface area (Å²) in [7, 11) is 0. The van der Waals surface area contributed by atoms with E-state index in [0.717, 1.165) is 0 Å². The second-order valence-electron chi connectivity index (χ2n) is 3.57. The first kappa shape index (κ1) is 10.7. The van der Waals surface area contributed by atoms with Gasteiger partial charge in [0, 0.05) is 12.4 Å². The van der Waals surface area contributed by atoms with E-state index in [1.165, 1.54) is 12.4 Å². The highest BCUT2D eigenvalue weighted by Crippen LogP contribution is 2.51. The van der Waals surface area contributed by atoms with Crippen LogP contribution in [0, 0.1) is 11.3 Å². The molecule has 1 N–H and O–H groups in total. The van der Waals surface area contributed by atoms with Gasteiger partial charge in [-0.15, -0.1) is 0 Å². The summed E-state index contributed by atoms with van der Waals surface area (Å²) >= 11 is 0. The largest absolute Gasteiger partial charge is 0.411 e. The Hall–Kier alpha value is -1.84. The van der Waals surface area contributed by atoms with Crippen molar-refractivity contribution in [2.24, 2.45) is 0 Å². The molecule has 1 aliphatic carbocycles. The molecule has 1 heterocycles. The van der Waals surface area contributed by atoms with Gasteiger partial charge in [-0.3, -0.25) is 0 Å². The number of hydrogen-bond acceptors (Lipinski definition) is 4. The van der Waals surface area contributed by atoms with Crippen molar-refractivity contribution in [2.75, 3.05) is 5.32 Å². The van der Waals surface area contributed by atoms with Crippen LogP contribution in [0.15, 0.2) is 12.4 Å². The molecule has 0 amide bonds. The van der Waals surface area contributed by atoms with Crippen LogP contribution < -0.4 is 5.32 Å². The average Bonchev–Trinajstić information content (AvgIpc) is 2.99. The van der Waals surface area contributed by atoms with Gasteiger partial charge in [0.05, 0.1) is 0 Å². The highest BCUT2D eigenvalue weighted by molar-refractivity contribution is 5.50. The molecule has 1 aliphatic rings. The molecule has 0 aromatic carbocycles. The van der Waals surface area contributed by atoms with Crippen molar-refractivity contribution in [2.45, 2.75) is 24.6 Å². The normalized spacial score (nSPS) is 17.6. The van der Waals surface area contributed by atoms with Crippen molar-refractivity contribution >= 4 is 5.82 Å². The number of hydrogen-bond donors (Lipinski definition) is 1. The van der Waals surface area contributed by atoms with Crippen molar-refractivity contribution < 1.29 is 13.2 Å². The maximum absolute atomic E-state index is 12.6. The standard InChI is InChI=1S/C9H7F3N4/c10-9(11,12)8(1-2-8)16-7-6(5-13)14-3-4-15-7/h3-4H,1-2H2,(H,15,16). The molecule has 0 unspecified atom stereocenters. The molecule has 0 saturated heterocycles. The summed E-state index contributed by atoms with van der Waals surface area (Å²) in [5.74, 6) is -0.111. The number of nitriles is 1. The Kier molecular flexibility index (Phi) is 2.22. The van der Waals surface area contributed by atoms with Crippen LogP contribution in [-0.4, -0.2) is 21.7 Å². The molecule has 4 nitrogen and oxygen atoms in total. The van der Waals surface area contributed by atoms with Crippen molar-refractivity contribution in [3.8, 4) is 6.07 Å². The van der Waals surface area contributed by atoms with Gasteiger partial charge in [-0.1, -0.05) is 0 Å². The summed E-state index contributed by atoms with van der Waals surface area (Å²) in [6.45, 7) is 0. The molecule has 84 valence electrons. The third kappa shape index (κ3) is 1.66. The van der Waals surface area contributed by atoms with Gasteiger partial charge in [0.15, 0.2) is 11.5 Å². The van der Waals surface area contributed by atoms with E-state index in [9.17, 15) is 13.2 Å². The van der Waals surface area contributed by atoms with E-state index < -0.39 is 11.7 Å². The van der Waals surface area contributed by atoms with E-state index in [1.54, 1.807) is 6.07 Å². The van der Waals surface area contributed by atoms with E-state index >= 15 is 0 Å². The Bertz CT molecular complexity index is 445. The zero-order chi connectivity index (χ0) is 11.8. The van der Waals surface area contributed by atoms with E-state index in [-0.39, 0.29) is 24.4 Å². The fourth-order valence-corrected chi connectivity index (χ4v) is 1.34. The molecule has 0 aliphatic heterocycles. The average molecular weight is 228 g/mol. The number of rotatable bonds is 2. The van der Waals surface area contributed by atoms with Gasteiger partial charge in [-0.2, -0.15) is 18.4 Å². The summed E-state index contributed by atoms with van der Waals surface area (Å²) in [5, 5.41) is 10.9. The van der Waals surface area contributed by atoms with Gasteiger partial charge in [0.1, 0.15) is 11.6 Å². The van der Waals surface area contributed by atoms with Crippen LogP contribution in [0.4, 0.5) is 19.0 Å². The third-order valence-electron chi connectivity index (χ3n) is 2.45. The van der Waals surface area contributed by atoms with E-state index in [0.29, 0.717) is 0 Å². The van der Waals surface area contributed by atoms with Gasteiger partial charge < -0.3 is 5.32 Å². The lowest BCUT2D eigenvalue weighted by atomic mass is 10.2. The van der Waals surface area contributed by atoms with Crippen LogP contribution in [0.5, 0.6) is 0 Å². The van der Waals surface area contributed by atoms with Gasteiger partial charge in [-0.05, 0) is 12.8 Å². The molecule has 1 fully saturated rings. The number of alkyl halides is 3. The quantitative estimate of drug-likeness (QED) is 0.839. The lowest BCUT2D eigenvalue weighted by Gasteiger charge is -2.21. The van der Waals surface area contributed by atoms with Crippen LogP contribution in [0.1, 0.15) is 18.5 Å². The van der Waals surface area contributed by atoms with Gasteiger partial charge in [-0.25, -0.2) is 9.97 Å². The van der Waals surface area contributed by atoms with Gasteiger partial charge >= 0.3 is 6.18 Å². The zero-order valence-electron chi connectivity index (χ0n) is 8.04. The summed E-state index contributed by atoms with van der Waals surface area (Å²) in [6.07, 6.45) is -1.83. The minimum atomic E-state index is -4.34. The van der Waals surface area contributed by atoms with E-state index in [2.05, 4.69) is 15.3 Å². The minimum absolute atomic E-state index is 0.00204. The summed E-state index contributed by atoms with van der Waals surface area (Å²) < 4.78 is 37.9. The summed E-state index contributed by atoms with van der Waals surface area (Å²) in [6, 6.07) is 1.69. The smallest absolute Gasteiger partial charge is 0.354 e. The van der Waals surface area contributed by atoms with Crippen LogP contribution in [0.3, 0.4) is 0 Å². The molecule has 0 radical (unpaired) electrons. The second kappa shape index (κ2) is 3.33. The second-order valence-corrected chi connectivity index (χ2v) is 3.57. The van der Waals surface area contributed by atoms with Gasteiger partial charge in [0.2, 0.25) is 0 Å². The Labute approximate surface area is 89.1 Å². The number of halogens is 3. The Balaban J connectivity index is 2.26. The predicted molar refractivity (Wildman–Crippen MR) is 48.4 cm³/mol. The van der Waals surface area contributed by atoms with Crippen LogP contribution in [0.25, 0.3) is 0 Å². The van der Waals surface area contributed by atoms with E-state index in [1.807, 2.05) is 0 Å². The summed E-state index contributed by atoms with van der Waals surface area (Å²) in [4.78, 5) is 7.33. The van der Waals surface area contributed by atoms with Crippen molar-refractivity contribution in [3.63, 3.8) is 0 Å². The maximum atomic E-state index is 12.6. The molecule has 0 spiro atoms. The van der Waals surface area contributed by atoms with Crippen LogP contribution >= 0.6 is 0 Å². The predicted octanol–water partition coefficient (Wildman–Crippen LogP) is 1.86. The Morgan fingerprint density at radius 1 is 1.31 bits per heavy atom. The van der Waals surface area contributed by atoms with Crippen molar-refractivity contribution in [1.82, 2.24) is 9.97 Å². The first-order valence-electron chi connectivity index (χ1n) is 4.54. The van der Waals surface area contributed by atoms with Crippen molar-refractivity contribution in [3.05, 3.63) is 18.1 Å². The lowest BCUT2D eigenvalue weighted by molar-refractivity contribution is -0.151. The van der Waals surface area contributed by atoms with Crippen molar-refractivity contribution in [1.29, 1.82) is 5.26 Å². The first-order valence-corrected chi connectivity index (χ1v) is 4.54. The molecule has 1 saturated carbocycles. The molecule has 16 heavy (non-hydrogen) atoms. The highest BCUT2D eigenvalue weighted by Gasteiger charge is 2.63. The lowest BCUT2D eigenvalue weighted by Crippen LogP contribution is -2.39. The molecule has 7 heteroatoms. The molecule has 1 aromatic heterocycles. The Morgan fingerprint density at radius 2 is 1.94 bits per heavy atom. The summed E-state index contributed by atoms with van der Waals surface area (Å²) in [5.41, 5.74) is -2.05. The fraction of sp³-hybridized carbons (Fsp3) is 0.444. The number of anilines is 1. The maximum Gasteiger partial charge on any atom is 0.411 e. The SMILES string of the molecule is N#Cc1nccnc1NC1(C(F)(F)F)CC1. The zero-order valence-corrected chi connectivity index (χ0v) is 8.04. The van der Waals surface area contributed by atoms with Crippen LogP contribution in [0.2, 0.25) is 0 Å². The molecular formula is C9H7F3N4. The first-order chi connectivity index (χ1) is 7.48. The molecule has 1 aromatic rings. The van der Waals surface area contributed by atoms with E-state index in [4.69, 9.17) is 5.26 Å². The Morgan fingerprint density at radius 3 is 2.44 bits per heavy atom. The number of nitrogens with zero attached hydrogens (tertiary/aromatic N) is 3. The third-order valence-corrected chi connectivity index (χ3v) is 2.45. The van der Waals surface area contributed by atoms with Crippen LogP contribution in [-0.2, 0) is 0 Å². The minimum Gasteiger partial charge on any atom is -0.354 e. The van der Waals surface area contributed by atoms with Gasteiger partial charge in [0.25, 0.3) is 0 Å².